The second-order valence-electron chi connectivity index (χ2n) is 11.1. The van der Waals surface area contributed by atoms with Gasteiger partial charge in [-0.15, -0.1) is 0 Å². The van der Waals surface area contributed by atoms with Gasteiger partial charge in [0.2, 0.25) is 11.8 Å². The van der Waals surface area contributed by atoms with Crippen LogP contribution in [-0.2, 0) is 21.4 Å². The van der Waals surface area contributed by atoms with Gasteiger partial charge in [0.15, 0.2) is 5.78 Å². The number of nitrogens with zero attached hydrogens (tertiary/aromatic N) is 2. The van der Waals surface area contributed by atoms with Crippen LogP contribution in [0.2, 0.25) is 0 Å². The number of amides is 2. The van der Waals surface area contributed by atoms with Crippen LogP contribution in [0.3, 0.4) is 0 Å². The van der Waals surface area contributed by atoms with Crippen molar-refractivity contribution in [1.82, 2.24) is 9.88 Å². The van der Waals surface area contributed by atoms with E-state index >= 15 is 0 Å². The lowest BCUT2D eigenvalue weighted by molar-refractivity contribution is -0.142. The van der Waals surface area contributed by atoms with E-state index in [1.165, 1.54) is 5.56 Å². The summed E-state index contributed by atoms with van der Waals surface area (Å²) in [6.45, 7) is 6.83. The number of Topliss-reactive ketones (excluding diaryl/α,β-unsaturated/α-hetero) is 1. The molecule has 6 heteroatoms. The van der Waals surface area contributed by atoms with E-state index < -0.39 is 5.41 Å². The Morgan fingerprint density at radius 3 is 2.63 bits per heavy atom. The quantitative estimate of drug-likeness (QED) is 0.479. The Bertz CT molecular complexity index is 1430. The largest absolute Gasteiger partial charge is 0.339 e. The molecule has 6 rings (SSSR count). The van der Waals surface area contributed by atoms with Crippen molar-refractivity contribution in [2.75, 3.05) is 11.9 Å². The minimum absolute atomic E-state index is 0.0184. The van der Waals surface area contributed by atoms with Crippen LogP contribution in [0.1, 0.15) is 78.1 Å². The van der Waals surface area contributed by atoms with Gasteiger partial charge in [-0.05, 0) is 55.5 Å². The summed E-state index contributed by atoms with van der Waals surface area (Å²) in [5.74, 6) is 0.473. The third kappa shape index (κ3) is 3.61. The average molecular weight is 508 g/mol. The molecule has 2 aromatic carbocycles. The molecule has 6 nitrogen and oxygen atoms in total. The lowest BCUT2D eigenvalue weighted by atomic mass is 9.73. The first kappa shape index (κ1) is 24.5. The van der Waals surface area contributed by atoms with E-state index in [0.29, 0.717) is 30.8 Å². The summed E-state index contributed by atoms with van der Waals surface area (Å²) in [4.78, 5) is 46.5. The maximum absolute atomic E-state index is 13.6. The molecule has 3 aliphatic rings. The summed E-state index contributed by atoms with van der Waals surface area (Å²) in [5.41, 5.74) is 4.17. The van der Waals surface area contributed by atoms with E-state index in [4.69, 9.17) is 0 Å². The van der Waals surface area contributed by atoms with Gasteiger partial charge in [0.05, 0.1) is 5.41 Å². The van der Waals surface area contributed by atoms with Crippen molar-refractivity contribution < 1.29 is 14.4 Å². The monoisotopic (exact) mass is 507 g/mol. The standard InChI is InChI=1S/C32H33N3O3/c1-4-35-20(3)26(21-9-6-5-7-10-21)16-23(30(35)37)17-28(36)22-12-13-25-19(2)32(18-24(25)15-22)27-11-8-14-33-29(27)34-31(32)38/h5-15,19-20,23,26H,4,16-18H2,1-3H3,(H,33,34,38)/t19-,20+,23+,26+,32+/m0/s1. The van der Waals surface area contributed by atoms with Gasteiger partial charge in [-0.25, -0.2) is 4.98 Å². The van der Waals surface area contributed by atoms with Crippen molar-refractivity contribution in [2.45, 2.75) is 63.3 Å². The van der Waals surface area contributed by atoms with Crippen molar-refractivity contribution in [3.8, 4) is 0 Å². The predicted molar refractivity (Wildman–Crippen MR) is 146 cm³/mol. The number of rotatable bonds is 5. The van der Waals surface area contributed by atoms with Gasteiger partial charge in [-0.3, -0.25) is 14.4 Å². The summed E-state index contributed by atoms with van der Waals surface area (Å²) >= 11 is 0. The van der Waals surface area contributed by atoms with Crippen LogP contribution in [-0.4, -0.2) is 40.1 Å². The first-order chi connectivity index (χ1) is 18.3. The summed E-state index contributed by atoms with van der Waals surface area (Å²) in [7, 11) is 0. The fourth-order valence-corrected chi connectivity index (χ4v) is 7.21. The molecule has 1 N–H and O–H groups in total. The highest BCUT2D eigenvalue weighted by molar-refractivity contribution is 6.07. The first-order valence-electron chi connectivity index (χ1n) is 13.6. The Labute approximate surface area is 223 Å². The molecule has 0 saturated carbocycles. The number of anilines is 1. The van der Waals surface area contributed by atoms with Crippen LogP contribution >= 0.6 is 0 Å². The van der Waals surface area contributed by atoms with Crippen LogP contribution in [0.4, 0.5) is 5.82 Å². The second-order valence-corrected chi connectivity index (χ2v) is 11.1. The van der Waals surface area contributed by atoms with Crippen LogP contribution < -0.4 is 5.32 Å². The van der Waals surface area contributed by atoms with Crippen LogP contribution in [0.5, 0.6) is 0 Å². The maximum atomic E-state index is 13.6. The van der Waals surface area contributed by atoms with Gasteiger partial charge >= 0.3 is 0 Å². The average Bonchev–Trinajstić information content (AvgIpc) is 3.39. The Kier molecular flexibility index (Phi) is 5.93. The highest BCUT2D eigenvalue weighted by Gasteiger charge is 2.55. The molecular formula is C32H33N3O3. The van der Waals surface area contributed by atoms with E-state index in [0.717, 1.165) is 16.7 Å². The van der Waals surface area contributed by atoms with E-state index in [1.807, 2.05) is 60.4 Å². The van der Waals surface area contributed by atoms with Crippen LogP contribution in [0.25, 0.3) is 0 Å². The highest BCUT2D eigenvalue weighted by Crippen LogP contribution is 2.54. The predicted octanol–water partition coefficient (Wildman–Crippen LogP) is 5.24. The topological polar surface area (TPSA) is 79.4 Å². The molecule has 38 heavy (non-hydrogen) atoms. The summed E-state index contributed by atoms with van der Waals surface area (Å²) in [6.07, 6.45) is 3.09. The zero-order chi connectivity index (χ0) is 26.6. The van der Waals surface area contributed by atoms with Gasteiger partial charge in [0, 0.05) is 54.1 Å². The summed E-state index contributed by atoms with van der Waals surface area (Å²) < 4.78 is 0. The number of carbonyl (C=O) groups excluding carboxylic acids is 3. The molecule has 3 heterocycles. The smallest absolute Gasteiger partial charge is 0.237 e. The Morgan fingerprint density at radius 2 is 1.87 bits per heavy atom. The van der Waals surface area contributed by atoms with Gasteiger partial charge in [-0.1, -0.05) is 55.5 Å². The number of hydrogen-bond donors (Lipinski definition) is 1. The van der Waals surface area contributed by atoms with E-state index in [2.05, 4.69) is 36.3 Å². The normalized spacial score (nSPS) is 27.8. The SMILES string of the molecule is CCN1C(=O)[C@@H](CC(=O)c2ccc3c(c2)C[C@@]2(C(=O)Nc4ncccc42)[C@H]3C)C[C@@H](c2ccccc2)[C@H]1C. The molecule has 0 unspecified atom stereocenters. The summed E-state index contributed by atoms with van der Waals surface area (Å²) in [5, 5.41) is 2.96. The number of likely N-dealkylation sites (tertiary alicyclic amines) is 1. The number of nitrogens with one attached hydrogen (secondary N) is 1. The minimum atomic E-state index is -0.701. The molecule has 194 valence electrons. The zero-order valence-electron chi connectivity index (χ0n) is 22.1. The Balaban J connectivity index is 1.26. The number of hydrogen-bond acceptors (Lipinski definition) is 4. The number of piperidine rings is 1. The lowest BCUT2D eigenvalue weighted by Gasteiger charge is -2.42. The molecule has 0 bridgehead atoms. The molecular weight excluding hydrogens is 474 g/mol. The van der Waals surface area contributed by atoms with Crippen molar-refractivity contribution in [2.24, 2.45) is 5.92 Å². The second kappa shape index (κ2) is 9.19. The molecule has 3 aromatic rings. The van der Waals surface area contributed by atoms with Crippen LogP contribution in [0.15, 0.2) is 66.9 Å². The van der Waals surface area contributed by atoms with Crippen LogP contribution in [0, 0.1) is 5.92 Å². The molecule has 1 saturated heterocycles. The fourth-order valence-electron chi connectivity index (χ4n) is 7.21. The minimum Gasteiger partial charge on any atom is -0.339 e. The zero-order valence-corrected chi connectivity index (χ0v) is 22.1. The highest BCUT2D eigenvalue weighted by atomic mass is 16.2. The molecule has 1 spiro atoms. The molecule has 1 aromatic heterocycles. The summed E-state index contributed by atoms with van der Waals surface area (Å²) in [6, 6.07) is 20.1. The van der Waals surface area contributed by atoms with Crippen molar-refractivity contribution >= 4 is 23.4 Å². The fraction of sp³-hybridized carbons (Fsp3) is 0.375. The van der Waals surface area contributed by atoms with Crippen molar-refractivity contribution in [3.63, 3.8) is 0 Å². The number of likely N-dealkylation sites (N-methyl/N-ethyl adjacent to an activating group) is 1. The number of carbonyl (C=O) groups is 3. The van der Waals surface area contributed by atoms with E-state index in [-0.39, 0.29) is 47.8 Å². The molecule has 2 aliphatic heterocycles. The molecule has 1 aliphatic carbocycles. The number of pyridine rings is 1. The maximum Gasteiger partial charge on any atom is 0.237 e. The molecule has 2 amide bonds. The van der Waals surface area contributed by atoms with E-state index in [1.54, 1.807) is 6.20 Å². The third-order valence-corrected chi connectivity index (χ3v) is 9.31. The molecule has 0 radical (unpaired) electrons. The van der Waals surface area contributed by atoms with Gasteiger partial charge in [-0.2, -0.15) is 0 Å². The van der Waals surface area contributed by atoms with Gasteiger partial charge in [0.1, 0.15) is 5.82 Å². The molecule has 5 atom stereocenters. The Hall–Kier alpha value is -3.80. The third-order valence-electron chi connectivity index (χ3n) is 9.31. The first-order valence-corrected chi connectivity index (χ1v) is 13.6. The number of fused-ring (bicyclic) bond motifs is 3. The Morgan fingerprint density at radius 1 is 1.08 bits per heavy atom. The number of ketones is 1. The number of benzene rings is 2. The van der Waals surface area contributed by atoms with Crippen molar-refractivity contribution in [1.29, 1.82) is 0 Å². The van der Waals surface area contributed by atoms with Crippen molar-refractivity contribution in [3.05, 3.63) is 94.7 Å². The number of aromatic nitrogens is 1. The van der Waals surface area contributed by atoms with E-state index in [9.17, 15) is 14.4 Å². The van der Waals surface area contributed by atoms with Gasteiger partial charge < -0.3 is 10.2 Å². The molecule has 1 fully saturated rings. The van der Waals surface area contributed by atoms with Gasteiger partial charge in [0.25, 0.3) is 0 Å². The lowest BCUT2D eigenvalue weighted by Crippen LogP contribution is -2.50.